The van der Waals surface area contributed by atoms with Gasteiger partial charge in [0.05, 0.1) is 7.11 Å². The minimum absolute atomic E-state index is 0.0404. The highest BCUT2D eigenvalue weighted by atomic mass is 35.5. The van der Waals surface area contributed by atoms with Crippen LogP contribution < -0.4 is 4.74 Å². The molecule has 1 fully saturated rings. The Morgan fingerprint density at radius 1 is 1.48 bits per heavy atom. The lowest BCUT2D eigenvalue weighted by Gasteiger charge is -2.22. The molecule has 1 aromatic carbocycles. The van der Waals surface area contributed by atoms with Crippen LogP contribution >= 0.6 is 11.6 Å². The van der Waals surface area contributed by atoms with Crippen molar-refractivity contribution in [3.63, 3.8) is 0 Å². The van der Waals surface area contributed by atoms with Crippen molar-refractivity contribution in [2.24, 2.45) is 0 Å². The first-order valence-electron chi connectivity index (χ1n) is 6.41. The average Bonchev–Trinajstić information content (AvgIpc) is 2.84. The van der Waals surface area contributed by atoms with Gasteiger partial charge in [-0.1, -0.05) is 11.6 Å². The highest BCUT2D eigenvalue weighted by Crippen LogP contribution is 2.36. The van der Waals surface area contributed by atoms with Gasteiger partial charge in [-0.25, -0.2) is 13.2 Å². The van der Waals surface area contributed by atoms with E-state index in [1.54, 1.807) is 0 Å². The van der Waals surface area contributed by atoms with E-state index in [0.29, 0.717) is 6.54 Å². The van der Waals surface area contributed by atoms with Gasteiger partial charge >= 0.3 is 5.97 Å². The lowest BCUT2D eigenvalue weighted by Crippen LogP contribution is -2.34. The molecule has 8 heteroatoms. The van der Waals surface area contributed by atoms with Gasteiger partial charge in [0.1, 0.15) is 10.5 Å². The van der Waals surface area contributed by atoms with Gasteiger partial charge in [0.15, 0.2) is 5.75 Å². The summed E-state index contributed by atoms with van der Waals surface area (Å²) < 4.78 is 31.9. The number of ether oxygens (including phenoxy) is 1. The zero-order valence-electron chi connectivity index (χ0n) is 11.7. The summed E-state index contributed by atoms with van der Waals surface area (Å²) in [5.74, 6) is -1.48. The largest absolute Gasteiger partial charge is 0.494 e. The predicted molar refractivity (Wildman–Crippen MR) is 77.6 cm³/mol. The maximum Gasteiger partial charge on any atom is 0.339 e. The van der Waals surface area contributed by atoms with Crippen LogP contribution in [-0.2, 0) is 10.0 Å². The van der Waals surface area contributed by atoms with Crippen LogP contribution in [0.2, 0.25) is 5.02 Å². The van der Waals surface area contributed by atoms with Crippen molar-refractivity contribution in [2.45, 2.75) is 30.7 Å². The molecule has 6 nitrogen and oxygen atoms in total. The Balaban J connectivity index is 2.65. The number of rotatable bonds is 4. The van der Waals surface area contributed by atoms with Crippen molar-refractivity contribution in [3.05, 3.63) is 22.7 Å². The van der Waals surface area contributed by atoms with Crippen molar-refractivity contribution in [3.8, 4) is 5.75 Å². The summed E-state index contributed by atoms with van der Waals surface area (Å²) >= 11 is 5.87. The number of hydrogen-bond acceptors (Lipinski definition) is 4. The van der Waals surface area contributed by atoms with Gasteiger partial charge in [0.25, 0.3) is 0 Å². The standard InChI is InChI=1S/C13H16ClNO5S/c1-8-4-3-5-15(8)21(18,19)11-7-9(14)6-10(13(16)17)12(11)20-2/h6-8H,3-5H2,1-2H3,(H,16,17). The molecule has 0 bridgehead atoms. The van der Waals surface area contributed by atoms with Crippen LogP contribution in [0.1, 0.15) is 30.1 Å². The maximum absolute atomic E-state index is 12.7. The third-order valence-corrected chi connectivity index (χ3v) is 5.77. The number of benzene rings is 1. The Hall–Kier alpha value is -1.31. The van der Waals surface area contributed by atoms with Gasteiger partial charge in [-0.3, -0.25) is 0 Å². The summed E-state index contributed by atoms with van der Waals surface area (Å²) in [7, 11) is -2.61. The number of carbonyl (C=O) groups is 1. The fourth-order valence-corrected chi connectivity index (χ4v) is 4.71. The second-order valence-electron chi connectivity index (χ2n) is 4.90. The first-order chi connectivity index (χ1) is 9.78. The van der Waals surface area contributed by atoms with E-state index in [-0.39, 0.29) is 27.3 Å². The second-order valence-corrected chi connectivity index (χ2v) is 7.19. The Labute approximate surface area is 128 Å². The number of sulfonamides is 1. The normalized spacial score (nSPS) is 19.7. The van der Waals surface area contributed by atoms with Gasteiger partial charge in [-0.2, -0.15) is 4.31 Å². The molecule has 0 aliphatic carbocycles. The van der Waals surface area contributed by atoms with Crippen molar-refractivity contribution in [1.82, 2.24) is 4.31 Å². The third kappa shape index (κ3) is 2.86. The number of carboxylic acids is 1. The molecule has 116 valence electrons. The van der Waals surface area contributed by atoms with Gasteiger partial charge in [-0.15, -0.1) is 0 Å². The molecule has 1 heterocycles. The quantitative estimate of drug-likeness (QED) is 0.913. The van der Waals surface area contributed by atoms with E-state index in [1.165, 1.54) is 23.5 Å². The molecule has 0 radical (unpaired) electrons. The monoisotopic (exact) mass is 333 g/mol. The molecule has 0 aromatic heterocycles. The molecular formula is C13H16ClNO5S. The molecule has 2 rings (SSSR count). The van der Waals surface area contributed by atoms with Gasteiger partial charge in [0, 0.05) is 17.6 Å². The van der Waals surface area contributed by atoms with E-state index in [2.05, 4.69) is 0 Å². The molecule has 1 aromatic rings. The number of aromatic carboxylic acids is 1. The van der Waals surface area contributed by atoms with E-state index in [4.69, 9.17) is 16.3 Å². The smallest absolute Gasteiger partial charge is 0.339 e. The van der Waals surface area contributed by atoms with E-state index >= 15 is 0 Å². The molecule has 0 amide bonds. The van der Waals surface area contributed by atoms with Crippen LogP contribution in [0, 0.1) is 0 Å². The van der Waals surface area contributed by atoms with E-state index in [0.717, 1.165) is 12.8 Å². The van der Waals surface area contributed by atoms with Crippen LogP contribution in [0.5, 0.6) is 5.75 Å². The van der Waals surface area contributed by atoms with Crippen molar-refractivity contribution < 1.29 is 23.1 Å². The van der Waals surface area contributed by atoms with Gasteiger partial charge in [-0.05, 0) is 31.9 Å². The minimum atomic E-state index is -3.85. The van der Waals surface area contributed by atoms with E-state index in [9.17, 15) is 18.3 Å². The molecule has 0 saturated carbocycles. The Kier molecular flexibility index (Phi) is 4.46. The molecule has 1 aliphatic heterocycles. The number of nitrogens with zero attached hydrogens (tertiary/aromatic N) is 1. The first kappa shape index (κ1) is 16.1. The molecule has 0 spiro atoms. The maximum atomic E-state index is 12.7. The molecular weight excluding hydrogens is 318 g/mol. The summed E-state index contributed by atoms with van der Waals surface area (Å²) in [5.41, 5.74) is -0.268. The Morgan fingerprint density at radius 3 is 2.62 bits per heavy atom. The number of methoxy groups -OCH3 is 1. The van der Waals surface area contributed by atoms with Crippen LogP contribution in [-0.4, -0.2) is 43.5 Å². The average molecular weight is 334 g/mol. The van der Waals surface area contributed by atoms with Crippen molar-refractivity contribution in [2.75, 3.05) is 13.7 Å². The first-order valence-corrected chi connectivity index (χ1v) is 8.23. The number of hydrogen-bond donors (Lipinski definition) is 1. The third-order valence-electron chi connectivity index (χ3n) is 3.53. The molecule has 1 unspecified atom stereocenters. The lowest BCUT2D eigenvalue weighted by atomic mass is 10.2. The summed E-state index contributed by atoms with van der Waals surface area (Å²) in [5, 5.41) is 9.22. The van der Waals surface area contributed by atoms with Crippen LogP contribution in [0.15, 0.2) is 17.0 Å². The fourth-order valence-electron chi connectivity index (χ4n) is 2.52. The topological polar surface area (TPSA) is 83.9 Å². The van der Waals surface area contributed by atoms with Gasteiger partial charge in [0.2, 0.25) is 10.0 Å². The van der Waals surface area contributed by atoms with Gasteiger partial charge < -0.3 is 9.84 Å². The van der Waals surface area contributed by atoms with Crippen LogP contribution in [0.3, 0.4) is 0 Å². The molecule has 21 heavy (non-hydrogen) atoms. The molecule has 1 saturated heterocycles. The minimum Gasteiger partial charge on any atom is -0.494 e. The summed E-state index contributed by atoms with van der Waals surface area (Å²) in [4.78, 5) is 11.0. The fraction of sp³-hybridized carbons (Fsp3) is 0.462. The Bertz CT molecular complexity index is 673. The van der Waals surface area contributed by atoms with Crippen molar-refractivity contribution in [1.29, 1.82) is 0 Å². The van der Waals surface area contributed by atoms with E-state index < -0.39 is 16.0 Å². The SMILES string of the molecule is COc1c(C(=O)O)cc(Cl)cc1S(=O)(=O)N1CCCC1C. The van der Waals surface area contributed by atoms with Crippen molar-refractivity contribution >= 4 is 27.6 Å². The zero-order chi connectivity index (χ0) is 15.8. The highest BCUT2D eigenvalue weighted by molar-refractivity contribution is 7.89. The number of halogens is 1. The molecule has 1 atom stereocenters. The molecule has 1 N–H and O–H groups in total. The predicted octanol–water partition coefficient (Wildman–Crippen LogP) is 2.22. The number of carboxylic acid groups (broad SMARTS) is 1. The van der Waals surface area contributed by atoms with E-state index in [1.807, 2.05) is 6.92 Å². The lowest BCUT2D eigenvalue weighted by molar-refractivity contribution is 0.0693. The molecule has 1 aliphatic rings. The second kappa shape index (κ2) is 5.82. The Morgan fingerprint density at radius 2 is 2.14 bits per heavy atom. The summed E-state index contributed by atoms with van der Waals surface area (Å²) in [6.07, 6.45) is 1.54. The van der Waals surface area contributed by atoms with Crippen LogP contribution in [0.4, 0.5) is 0 Å². The highest BCUT2D eigenvalue weighted by Gasteiger charge is 2.36. The summed E-state index contributed by atoms with van der Waals surface area (Å²) in [6, 6.07) is 2.27. The zero-order valence-corrected chi connectivity index (χ0v) is 13.2. The van der Waals surface area contributed by atoms with Crippen LogP contribution in [0.25, 0.3) is 0 Å². The summed E-state index contributed by atoms with van der Waals surface area (Å²) in [6.45, 7) is 2.22.